The predicted molar refractivity (Wildman–Crippen MR) is 62.9 cm³/mol. The largest absolute Gasteiger partial charge is 0.311 e. The molecule has 1 aliphatic rings. The third kappa shape index (κ3) is 2.34. The normalized spacial score (nSPS) is 24.0. The molecule has 0 aromatic carbocycles. The van der Waals surface area contributed by atoms with Crippen molar-refractivity contribution in [2.75, 3.05) is 12.8 Å². The molecular weight excluding hydrogens is 208 g/mol. The molecule has 2 rings (SSSR count). The summed E-state index contributed by atoms with van der Waals surface area (Å²) in [6.07, 6.45) is 5.88. The van der Waals surface area contributed by atoms with E-state index in [-0.39, 0.29) is 0 Å². The lowest BCUT2D eigenvalue weighted by Gasteiger charge is -2.29. The van der Waals surface area contributed by atoms with E-state index in [1.54, 1.807) is 0 Å². The molecule has 2 atom stereocenters. The van der Waals surface area contributed by atoms with Crippen LogP contribution < -0.4 is 5.32 Å². The number of hydrogen-bond donors (Lipinski definition) is 1. The fourth-order valence-corrected chi connectivity index (χ4v) is 3.61. The highest BCUT2D eigenvalue weighted by Gasteiger charge is 2.26. The lowest BCUT2D eigenvalue weighted by Crippen LogP contribution is -2.30. The van der Waals surface area contributed by atoms with E-state index in [0.29, 0.717) is 11.3 Å². The molecule has 5 heteroatoms. The molecule has 1 aromatic heterocycles. The van der Waals surface area contributed by atoms with Gasteiger partial charge in [-0.05, 0) is 25.6 Å². The zero-order valence-electron chi connectivity index (χ0n) is 9.31. The highest BCUT2D eigenvalue weighted by molar-refractivity contribution is 8.00. The van der Waals surface area contributed by atoms with E-state index in [9.17, 15) is 0 Å². The Kier molecular flexibility index (Phi) is 3.64. The molecule has 2 unspecified atom stereocenters. The molecule has 1 N–H and O–H groups in total. The van der Waals surface area contributed by atoms with Gasteiger partial charge in [0.1, 0.15) is 0 Å². The predicted octanol–water partition coefficient (Wildman–Crippen LogP) is 1.36. The Morgan fingerprint density at radius 2 is 2.47 bits per heavy atom. The van der Waals surface area contributed by atoms with E-state index in [1.807, 2.05) is 25.0 Å². The summed E-state index contributed by atoms with van der Waals surface area (Å²) in [7, 11) is 3.98. The van der Waals surface area contributed by atoms with Gasteiger partial charge in [0.2, 0.25) is 0 Å². The first-order chi connectivity index (χ1) is 7.33. The molecule has 1 aliphatic heterocycles. The molecule has 84 valence electrons. The van der Waals surface area contributed by atoms with Crippen LogP contribution in [0, 0.1) is 0 Å². The minimum Gasteiger partial charge on any atom is -0.311 e. The maximum absolute atomic E-state index is 4.00. The fraction of sp³-hybridized carbons (Fsp3) is 0.800. The van der Waals surface area contributed by atoms with Crippen LogP contribution in [0.5, 0.6) is 0 Å². The van der Waals surface area contributed by atoms with E-state index in [4.69, 9.17) is 0 Å². The Labute approximate surface area is 94.8 Å². The van der Waals surface area contributed by atoms with Crippen LogP contribution in [0.25, 0.3) is 0 Å². The van der Waals surface area contributed by atoms with Crippen molar-refractivity contribution in [3.63, 3.8) is 0 Å². The van der Waals surface area contributed by atoms with Crippen LogP contribution in [-0.2, 0) is 7.05 Å². The molecule has 0 amide bonds. The first-order valence-corrected chi connectivity index (χ1v) is 6.51. The highest BCUT2D eigenvalue weighted by Crippen LogP contribution is 2.33. The van der Waals surface area contributed by atoms with Crippen molar-refractivity contribution in [2.45, 2.75) is 30.6 Å². The monoisotopic (exact) mass is 226 g/mol. The van der Waals surface area contributed by atoms with Crippen molar-refractivity contribution in [1.82, 2.24) is 20.3 Å². The second-order valence-corrected chi connectivity index (χ2v) is 5.30. The third-order valence-electron chi connectivity index (χ3n) is 2.97. The van der Waals surface area contributed by atoms with Crippen LogP contribution >= 0.6 is 11.8 Å². The van der Waals surface area contributed by atoms with Crippen LogP contribution in [0.3, 0.4) is 0 Å². The second kappa shape index (κ2) is 4.99. The number of rotatable bonds is 3. The summed E-state index contributed by atoms with van der Waals surface area (Å²) in [5.74, 6) is 1.29. The Hall–Kier alpha value is -0.550. The lowest BCUT2D eigenvalue weighted by atomic mass is 10.0. The van der Waals surface area contributed by atoms with Gasteiger partial charge < -0.3 is 5.32 Å². The fourth-order valence-electron chi connectivity index (χ4n) is 2.13. The lowest BCUT2D eigenvalue weighted by molar-refractivity contribution is 0.484. The van der Waals surface area contributed by atoms with Crippen molar-refractivity contribution in [3.05, 3.63) is 11.9 Å². The molecule has 4 nitrogen and oxygen atoms in total. The van der Waals surface area contributed by atoms with Gasteiger partial charge in [-0.25, -0.2) is 0 Å². The molecule has 0 bridgehead atoms. The van der Waals surface area contributed by atoms with Crippen LogP contribution in [-0.4, -0.2) is 33.0 Å². The summed E-state index contributed by atoms with van der Waals surface area (Å²) in [6, 6.07) is 0.385. The van der Waals surface area contributed by atoms with Gasteiger partial charge in [-0.15, -0.1) is 5.10 Å². The van der Waals surface area contributed by atoms with Crippen LogP contribution in [0.4, 0.5) is 0 Å². The standard InChI is InChI=1S/C10H18N4S/c1-11-10(8-7-12-13-14(8)2)9-5-3-4-6-15-9/h7,9-11H,3-6H2,1-2H3. The minimum atomic E-state index is 0.385. The number of nitrogens with zero attached hydrogens (tertiary/aromatic N) is 3. The molecule has 1 aromatic rings. The van der Waals surface area contributed by atoms with Crippen molar-refractivity contribution < 1.29 is 0 Å². The summed E-state index contributed by atoms with van der Waals surface area (Å²) < 4.78 is 1.87. The molecule has 2 heterocycles. The Morgan fingerprint density at radius 1 is 1.60 bits per heavy atom. The Balaban J connectivity index is 2.12. The Bertz CT molecular complexity index is 306. The van der Waals surface area contributed by atoms with Gasteiger partial charge in [0.25, 0.3) is 0 Å². The van der Waals surface area contributed by atoms with E-state index in [0.717, 1.165) is 0 Å². The first kappa shape index (κ1) is 11.0. The van der Waals surface area contributed by atoms with Crippen molar-refractivity contribution in [3.8, 4) is 0 Å². The van der Waals surface area contributed by atoms with Gasteiger partial charge in [-0.3, -0.25) is 4.68 Å². The van der Waals surface area contributed by atoms with Crippen LogP contribution in [0.2, 0.25) is 0 Å². The molecule has 0 radical (unpaired) electrons. The molecule has 0 saturated carbocycles. The molecular formula is C10H18N4S. The van der Waals surface area contributed by atoms with Crippen molar-refractivity contribution in [1.29, 1.82) is 0 Å². The van der Waals surface area contributed by atoms with Crippen LogP contribution in [0.1, 0.15) is 31.0 Å². The zero-order chi connectivity index (χ0) is 10.7. The van der Waals surface area contributed by atoms with Gasteiger partial charge in [0, 0.05) is 12.3 Å². The third-order valence-corrected chi connectivity index (χ3v) is 4.43. The summed E-state index contributed by atoms with van der Waals surface area (Å²) >= 11 is 2.07. The highest BCUT2D eigenvalue weighted by atomic mass is 32.2. The Morgan fingerprint density at radius 3 is 3.00 bits per heavy atom. The number of aromatic nitrogens is 3. The quantitative estimate of drug-likeness (QED) is 0.845. The summed E-state index contributed by atoms with van der Waals surface area (Å²) in [4.78, 5) is 0. The van der Waals surface area contributed by atoms with Crippen molar-refractivity contribution >= 4 is 11.8 Å². The van der Waals surface area contributed by atoms with E-state index in [1.165, 1.54) is 30.7 Å². The van der Waals surface area contributed by atoms with E-state index >= 15 is 0 Å². The number of aryl methyl sites for hydroxylation is 1. The maximum atomic E-state index is 4.00. The van der Waals surface area contributed by atoms with Gasteiger partial charge in [-0.1, -0.05) is 11.6 Å². The SMILES string of the molecule is CNC(c1cnnn1C)C1CCCCS1. The van der Waals surface area contributed by atoms with Gasteiger partial charge >= 0.3 is 0 Å². The number of hydrogen-bond acceptors (Lipinski definition) is 4. The molecule has 0 aliphatic carbocycles. The number of thioether (sulfide) groups is 1. The number of nitrogens with one attached hydrogen (secondary N) is 1. The first-order valence-electron chi connectivity index (χ1n) is 5.46. The van der Waals surface area contributed by atoms with Gasteiger partial charge in [-0.2, -0.15) is 11.8 Å². The average Bonchev–Trinajstić information content (AvgIpc) is 2.68. The second-order valence-electron chi connectivity index (χ2n) is 3.95. The summed E-state index contributed by atoms with van der Waals surface area (Å²) in [5, 5.41) is 12.0. The maximum Gasteiger partial charge on any atom is 0.0764 e. The van der Waals surface area contributed by atoms with Gasteiger partial charge in [0.15, 0.2) is 0 Å². The molecule has 15 heavy (non-hydrogen) atoms. The summed E-state index contributed by atoms with van der Waals surface area (Å²) in [6.45, 7) is 0. The van der Waals surface area contributed by atoms with Gasteiger partial charge in [0.05, 0.1) is 17.9 Å². The topological polar surface area (TPSA) is 42.7 Å². The van der Waals surface area contributed by atoms with Crippen molar-refractivity contribution in [2.24, 2.45) is 7.05 Å². The van der Waals surface area contributed by atoms with Crippen LogP contribution in [0.15, 0.2) is 6.20 Å². The average molecular weight is 226 g/mol. The zero-order valence-corrected chi connectivity index (χ0v) is 10.1. The molecule has 1 fully saturated rings. The van der Waals surface area contributed by atoms with E-state index < -0.39 is 0 Å². The minimum absolute atomic E-state index is 0.385. The summed E-state index contributed by atoms with van der Waals surface area (Å²) in [5.41, 5.74) is 1.19. The smallest absolute Gasteiger partial charge is 0.0764 e. The molecule has 1 saturated heterocycles. The molecule has 0 spiro atoms. The van der Waals surface area contributed by atoms with E-state index in [2.05, 4.69) is 27.4 Å².